The Balaban J connectivity index is 1.98. The number of nitrogens with zero attached hydrogens (tertiary/aromatic N) is 1. The van der Waals surface area contributed by atoms with Gasteiger partial charge in [-0.25, -0.2) is 0 Å². The fourth-order valence-corrected chi connectivity index (χ4v) is 2.49. The average Bonchev–Trinajstić information content (AvgIpc) is 2.82. The lowest BCUT2D eigenvalue weighted by atomic mass is 10.1. The molecule has 0 saturated heterocycles. The van der Waals surface area contributed by atoms with Gasteiger partial charge in [-0.15, -0.1) is 0 Å². The fourth-order valence-electron chi connectivity index (χ4n) is 2.27. The Bertz CT molecular complexity index is 461. The molecule has 1 heterocycles. The zero-order valence-electron chi connectivity index (χ0n) is 7.72. The van der Waals surface area contributed by atoms with Gasteiger partial charge >= 0.3 is 0 Å². The Kier molecular flexibility index (Phi) is 1.65. The number of ether oxygens (including phenoxy) is 1. The summed E-state index contributed by atoms with van der Waals surface area (Å²) in [6, 6.07) is 5.65. The van der Waals surface area contributed by atoms with Crippen molar-refractivity contribution in [2.45, 2.75) is 12.0 Å². The summed E-state index contributed by atoms with van der Waals surface area (Å²) in [5.41, 5.74) is 6.61. The summed E-state index contributed by atoms with van der Waals surface area (Å²) in [6.07, 6.45) is -0.00389. The van der Waals surface area contributed by atoms with Crippen LogP contribution >= 0.6 is 11.6 Å². The van der Waals surface area contributed by atoms with Gasteiger partial charge < -0.3 is 15.7 Å². The maximum absolute atomic E-state index is 8.58. The van der Waals surface area contributed by atoms with Gasteiger partial charge in [0.25, 0.3) is 0 Å². The van der Waals surface area contributed by atoms with E-state index in [1.165, 1.54) is 0 Å². The number of rotatable bonds is 1. The van der Waals surface area contributed by atoms with Crippen LogP contribution in [0.3, 0.4) is 0 Å². The lowest BCUT2D eigenvalue weighted by Gasteiger charge is -2.08. The number of hydrogen-bond acceptors (Lipinski definition) is 3. The highest BCUT2D eigenvalue weighted by atomic mass is 35.5. The molecule has 1 saturated carbocycles. The first-order valence-corrected chi connectivity index (χ1v) is 5.04. The van der Waals surface area contributed by atoms with Crippen molar-refractivity contribution in [2.24, 2.45) is 16.8 Å². The van der Waals surface area contributed by atoms with Crippen LogP contribution in [0.5, 0.6) is 5.75 Å². The summed E-state index contributed by atoms with van der Waals surface area (Å²) < 4.78 is 5.64. The molecule has 1 aliphatic carbocycles. The minimum Gasteiger partial charge on any atom is -0.487 e. The molecule has 3 atom stereocenters. The number of benzene rings is 1. The predicted molar refractivity (Wildman–Crippen MR) is 55.5 cm³/mol. The van der Waals surface area contributed by atoms with Crippen LogP contribution in [0.1, 0.15) is 11.5 Å². The zero-order chi connectivity index (χ0) is 10.6. The van der Waals surface area contributed by atoms with Gasteiger partial charge in [0.1, 0.15) is 17.7 Å². The van der Waals surface area contributed by atoms with Crippen molar-refractivity contribution < 1.29 is 9.94 Å². The average molecular weight is 225 g/mol. The van der Waals surface area contributed by atoms with Crippen molar-refractivity contribution in [1.82, 2.24) is 0 Å². The number of amidine groups is 1. The summed E-state index contributed by atoms with van der Waals surface area (Å²) in [4.78, 5) is 0. The molecule has 0 spiro atoms. The molecule has 15 heavy (non-hydrogen) atoms. The molecule has 4 nitrogen and oxygen atoms in total. The Morgan fingerprint density at radius 1 is 1.53 bits per heavy atom. The standard InChI is InChI=1S/C10H9ClN2O2/c11-5-3-1-2-4-6-7(10(12)13-14)9(6)15-8(4)5/h1-3,6-7,9,14H,(H2,12,13). The van der Waals surface area contributed by atoms with E-state index in [0.29, 0.717) is 5.02 Å². The van der Waals surface area contributed by atoms with Crippen LogP contribution in [0.25, 0.3) is 0 Å². The second-order valence-electron chi connectivity index (χ2n) is 3.82. The first-order chi connectivity index (χ1) is 7.24. The molecule has 1 aliphatic heterocycles. The molecule has 5 heteroatoms. The molecule has 0 aromatic heterocycles. The van der Waals surface area contributed by atoms with Crippen molar-refractivity contribution >= 4 is 17.4 Å². The van der Waals surface area contributed by atoms with Crippen molar-refractivity contribution in [3.63, 3.8) is 0 Å². The second kappa shape index (κ2) is 2.79. The first kappa shape index (κ1) is 8.85. The fraction of sp³-hybridized carbons (Fsp3) is 0.300. The van der Waals surface area contributed by atoms with Gasteiger partial charge in [0.05, 0.1) is 10.9 Å². The Morgan fingerprint density at radius 2 is 2.33 bits per heavy atom. The monoisotopic (exact) mass is 224 g/mol. The van der Waals surface area contributed by atoms with E-state index >= 15 is 0 Å². The largest absolute Gasteiger partial charge is 0.487 e. The van der Waals surface area contributed by atoms with Gasteiger partial charge in [-0.2, -0.15) is 0 Å². The molecule has 1 aromatic rings. The van der Waals surface area contributed by atoms with Crippen molar-refractivity contribution in [1.29, 1.82) is 0 Å². The van der Waals surface area contributed by atoms with Gasteiger partial charge in [-0.05, 0) is 6.07 Å². The quantitative estimate of drug-likeness (QED) is 0.329. The van der Waals surface area contributed by atoms with E-state index in [2.05, 4.69) is 5.16 Å². The van der Waals surface area contributed by atoms with Crippen molar-refractivity contribution in [3.05, 3.63) is 28.8 Å². The van der Waals surface area contributed by atoms with E-state index in [4.69, 9.17) is 27.3 Å². The molecule has 78 valence electrons. The van der Waals surface area contributed by atoms with Crippen LogP contribution in [0.15, 0.2) is 23.4 Å². The number of hydrogen-bond donors (Lipinski definition) is 2. The summed E-state index contributed by atoms with van der Waals surface area (Å²) >= 11 is 5.98. The molecule has 2 aliphatic rings. The van der Waals surface area contributed by atoms with Gasteiger partial charge in [-0.3, -0.25) is 0 Å². The third-order valence-electron chi connectivity index (χ3n) is 3.02. The van der Waals surface area contributed by atoms with E-state index < -0.39 is 0 Å². The van der Waals surface area contributed by atoms with Crippen LogP contribution in [-0.4, -0.2) is 17.1 Å². The van der Waals surface area contributed by atoms with E-state index in [1.54, 1.807) is 6.07 Å². The minimum absolute atomic E-state index is 0.000895. The number of nitrogens with two attached hydrogens (primary N) is 1. The van der Waals surface area contributed by atoms with Crippen molar-refractivity contribution in [2.75, 3.05) is 0 Å². The van der Waals surface area contributed by atoms with Crippen LogP contribution in [0.4, 0.5) is 0 Å². The van der Waals surface area contributed by atoms with Gasteiger partial charge in [-0.1, -0.05) is 28.9 Å². The molecule has 3 rings (SSSR count). The molecule has 0 radical (unpaired) electrons. The second-order valence-corrected chi connectivity index (χ2v) is 4.22. The molecular formula is C10H9ClN2O2. The van der Waals surface area contributed by atoms with Gasteiger partial charge in [0.2, 0.25) is 0 Å². The Labute approximate surface area is 91.3 Å². The minimum atomic E-state index is -0.00389. The smallest absolute Gasteiger partial charge is 0.146 e. The van der Waals surface area contributed by atoms with Crippen LogP contribution in [0.2, 0.25) is 5.02 Å². The van der Waals surface area contributed by atoms with Crippen molar-refractivity contribution in [3.8, 4) is 5.75 Å². The molecule has 1 aromatic carbocycles. The zero-order valence-corrected chi connectivity index (χ0v) is 8.48. The van der Waals surface area contributed by atoms with Crippen LogP contribution in [0, 0.1) is 5.92 Å². The Hall–Kier alpha value is -1.42. The number of para-hydroxylation sites is 1. The molecule has 3 unspecified atom stereocenters. The molecule has 0 amide bonds. The highest BCUT2D eigenvalue weighted by Crippen LogP contribution is 2.59. The van der Waals surface area contributed by atoms with Crippen LogP contribution < -0.4 is 10.5 Å². The normalized spacial score (nSPS) is 31.8. The lowest BCUT2D eigenvalue weighted by molar-refractivity contribution is 0.298. The summed E-state index contributed by atoms with van der Waals surface area (Å²) in [6.45, 7) is 0. The predicted octanol–water partition coefficient (Wildman–Crippen LogP) is 1.56. The van der Waals surface area contributed by atoms with Gasteiger partial charge in [0.15, 0.2) is 0 Å². The summed E-state index contributed by atoms with van der Waals surface area (Å²) in [5, 5.41) is 12.2. The van der Waals surface area contributed by atoms with Gasteiger partial charge in [0, 0.05) is 11.5 Å². The maximum Gasteiger partial charge on any atom is 0.146 e. The molecule has 1 fully saturated rings. The Morgan fingerprint density at radius 3 is 3.07 bits per heavy atom. The van der Waals surface area contributed by atoms with Crippen LogP contribution in [-0.2, 0) is 0 Å². The summed E-state index contributed by atoms with van der Waals surface area (Å²) in [7, 11) is 0. The topological polar surface area (TPSA) is 67.8 Å². The SMILES string of the molecule is N/C(=N\O)C1C2Oc3c(Cl)cccc3C21. The highest BCUT2D eigenvalue weighted by molar-refractivity contribution is 6.32. The lowest BCUT2D eigenvalue weighted by Crippen LogP contribution is -2.19. The summed E-state index contributed by atoms with van der Waals surface area (Å²) in [5.74, 6) is 1.18. The molecule has 3 N–H and O–H groups in total. The van der Waals surface area contributed by atoms with E-state index in [0.717, 1.165) is 11.3 Å². The maximum atomic E-state index is 8.58. The number of oxime groups is 1. The van der Waals surface area contributed by atoms with E-state index in [1.807, 2.05) is 12.1 Å². The molecular weight excluding hydrogens is 216 g/mol. The van der Waals surface area contributed by atoms with E-state index in [-0.39, 0.29) is 23.8 Å². The third-order valence-corrected chi connectivity index (χ3v) is 3.32. The third kappa shape index (κ3) is 1.05. The molecule has 0 bridgehead atoms. The number of halogens is 1. The van der Waals surface area contributed by atoms with E-state index in [9.17, 15) is 0 Å². The first-order valence-electron chi connectivity index (χ1n) is 4.66. The number of fused-ring (bicyclic) bond motifs is 3. The highest BCUT2D eigenvalue weighted by Gasteiger charge is 2.61.